The monoisotopic (exact) mass is 438 g/mol. The number of rotatable bonds is 7. The lowest BCUT2D eigenvalue weighted by Gasteiger charge is -2.36. The van der Waals surface area contributed by atoms with Gasteiger partial charge in [-0.05, 0) is 65.8 Å². The molecule has 1 unspecified atom stereocenters. The number of hydrogen-bond acceptors (Lipinski definition) is 6. The first-order chi connectivity index (χ1) is 14.8. The molecule has 0 aliphatic heterocycles. The van der Waals surface area contributed by atoms with Crippen LogP contribution in [-0.2, 0) is 9.53 Å². The lowest BCUT2D eigenvalue weighted by Crippen LogP contribution is -2.30. The minimum absolute atomic E-state index is 0.0596. The fraction of sp³-hybridized carbons (Fsp3) is 0.417. The van der Waals surface area contributed by atoms with Crippen molar-refractivity contribution in [3.05, 3.63) is 65.3 Å². The molecule has 1 aromatic carbocycles. The van der Waals surface area contributed by atoms with E-state index in [1.165, 1.54) is 12.5 Å². The van der Waals surface area contributed by atoms with Gasteiger partial charge >= 0.3 is 5.97 Å². The summed E-state index contributed by atoms with van der Waals surface area (Å²) in [6.45, 7) is 10.1. The molecule has 6 nitrogen and oxygen atoms in total. The zero-order valence-electron chi connectivity index (χ0n) is 18.8. The molecule has 1 aliphatic rings. The van der Waals surface area contributed by atoms with Crippen LogP contribution in [0.15, 0.2) is 70.4 Å². The lowest BCUT2D eigenvalue weighted by molar-refractivity contribution is -0.145. The van der Waals surface area contributed by atoms with Gasteiger partial charge in [0.25, 0.3) is 0 Å². The van der Waals surface area contributed by atoms with Crippen LogP contribution in [0.3, 0.4) is 0 Å². The van der Waals surface area contributed by atoms with Crippen molar-refractivity contribution < 1.29 is 9.53 Å². The molecular weight excluding hydrogens is 408 g/mol. The SMILES string of the molecule is CC(=O)OC1CCC(C)(C)C(/C=C/C(C)=C/CSc2nnnn2-c2ccccc2)=C1C. The smallest absolute Gasteiger partial charge is 0.303 e. The number of carbonyl (C=O) groups is 1. The second-order valence-electron chi connectivity index (χ2n) is 8.42. The van der Waals surface area contributed by atoms with Crippen LogP contribution < -0.4 is 0 Å². The molecule has 0 amide bonds. The summed E-state index contributed by atoms with van der Waals surface area (Å²) in [6, 6.07) is 9.87. The van der Waals surface area contributed by atoms with Gasteiger partial charge in [-0.1, -0.05) is 67.6 Å². The molecule has 0 radical (unpaired) electrons. The van der Waals surface area contributed by atoms with Crippen molar-refractivity contribution in [2.45, 2.75) is 58.7 Å². The molecule has 0 fully saturated rings. The lowest BCUT2D eigenvalue weighted by atomic mass is 9.71. The number of allylic oxidation sites excluding steroid dienone is 4. The van der Waals surface area contributed by atoms with Crippen molar-refractivity contribution in [3.8, 4) is 5.69 Å². The van der Waals surface area contributed by atoms with E-state index in [4.69, 9.17) is 4.74 Å². The Kier molecular flexibility index (Phi) is 7.49. The number of benzene rings is 1. The maximum atomic E-state index is 11.4. The Balaban J connectivity index is 1.68. The first-order valence-electron chi connectivity index (χ1n) is 10.5. The Bertz CT molecular complexity index is 1010. The van der Waals surface area contributed by atoms with E-state index in [0.717, 1.165) is 40.6 Å². The van der Waals surface area contributed by atoms with Crippen LogP contribution in [0.2, 0.25) is 0 Å². The Morgan fingerprint density at radius 3 is 2.74 bits per heavy atom. The Labute approximate surface area is 188 Å². The Morgan fingerprint density at radius 2 is 2.03 bits per heavy atom. The molecule has 0 bridgehead atoms. The molecule has 7 heteroatoms. The topological polar surface area (TPSA) is 69.9 Å². The van der Waals surface area contributed by atoms with Gasteiger partial charge in [0, 0.05) is 12.7 Å². The predicted octanol–water partition coefficient (Wildman–Crippen LogP) is 5.33. The van der Waals surface area contributed by atoms with Gasteiger partial charge in [-0.3, -0.25) is 4.79 Å². The van der Waals surface area contributed by atoms with Gasteiger partial charge in [0.1, 0.15) is 6.10 Å². The van der Waals surface area contributed by atoms with Gasteiger partial charge in [0.15, 0.2) is 0 Å². The standard InChI is InChI=1S/C24H30N4O2S/c1-17(11-12-21-18(2)22(30-19(3)29)13-15-24(21,4)5)14-16-31-23-25-26-27-28(23)20-9-7-6-8-10-20/h6-12,14,22H,13,15-16H2,1-5H3/b12-11+,17-14+. The van der Waals surface area contributed by atoms with E-state index in [1.54, 1.807) is 16.4 Å². The van der Waals surface area contributed by atoms with Crippen molar-refractivity contribution >= 4 is 17.7 Å². The normalized spacial score (nSPS) is 19.1. The predicted molar refractivity (Wildman–Crippen MR) is 124 cm³/mol. The van der Waals surface area contributed by atoms with Crippen molar-refractivity contribution in [3.63, 3.8) is 0 Å². The molecule has 0 saturated heterocycles. The quantitative estimate of drug-likeness (QED) is 0.331. The number of esters is 1. The van der Waals surface area contributed by atoms with Crippen LogP contribution in [0.25, 0.3) is 5.69 Å². The molecule has 0 spiro atoms. The molecule has 1 aliphatic carbocycles. The number of nitrogens with zero attached hydrogens (tertiary/aromatic N) is 4. The third-order valence-electron chi connectivity index (χ3n) is 5.55. The van der Waals surface area contributed by atoms with Gasteiger partial charge < -0.3 is 4.74 Å². The van der Waals surface area contributed by atoms with Crippen molar-refractivity contribution in [1.82, 2.24) is 20.2 Å². The summed E-state index contributed by atoms with van der Waals surface area (Å²) in [5.74, 6) is 0.541. The van der Waals surface area contributed by atoms with E-state index in [-0.39, 0.29) is 17.5 Å². The number of hydrogen-bond donors (Lipinski definition) is 0. The fourth-order valence-corrected chi connectivity index (χ4v) is 4.64. The van der Waals surface area contributed by atoms with Crippen LogP contribution in [0.5, 0.6) is 0 Å². The second-order valence-corrected chi connectivity index (χ2v) is 9.41. The number of carbonyl (C=O) groups excluding carboxylic acids is 1. The summed E-state index contributed by atoms with van der Waals surface area (Å²) in [4.78, 5) is 11.4. The largest absolute Gasteiger partial charge is 0.458 e. The molecule has 1 aromatic heterocycles. The highest BCUT2D eigenvalue weighted by Gasteiger charge is 2.33. The minimum Gasteiger partial charge on any atom is -0.458 e. The van der Waals surface area contributed by atoms with Crippen LogP contribution in [0, 0.1) is 5.41 Å². The van der Waals surface area contributed by atoms with Crippen LogP contribution in [0.4, 0.5) is 0 Å². The number of para-hydroxylation sites is 1. The Hall–Kier alpha value is -2.67. The zero-order chi connectivity index (χ0) is 22.4. The summed E-state index contributed by atoms with van der Waals surface area (Å²) in [6.07, 6.45) is 8.22. The molecule has 1 heterocycles. The molecule has 31 heavy (non-hydrogen) atoms. The zero-order valence-corrected chi connectivity index (χ0v) is 19.6. The van der Waals surface area contributed by atoms with Gasteiger partial charge in [-0.15, -0.1) is 5.10 Å². The van der Waals surface area contributed by atoms with Crippen molar-refractivity contribution in [2.24, 2.45) is 5.41 Å². The summed E-state index contributed by atoms with van der Waals surface area (Å²) >= 11 is 1.59. The molecule has 1 atom stereocenters. The van der Waals surface area contributed by atoms with Gasteiger partial charge in [-0.25, -0.2) is 0 Å². The fourth-order valence-electron chi connectivity index (χ4n) is 3.79. The Morgan fingerprint density at radius 1 is 1.29 bits per heavy atom. The minimum atomic E-state index is -0.224. The average Bonchev–Trinajstić information content (AvgIpc) is 3.19. The van der Waals surface area contributed by atoms with Crippen molar-refractivity contribution in [1.29, 1.82) is 0 Å². The summed E-state index contributed by atoms with van der Waals surface area (Å²) in [5, 5.41) is 12.8. The summed E-state index contributed by atoms with van der Waals surface area (Å²) in [5.41, 5.74) is 4.56. The molecule has 3 rings (SSSR count). The number of aromatic nitrogens is 4. The maximum Gasteiger partial charge on any atom is 0.303 e. The van der Waals surface area contributed by atoms with E-state index in [1.807, 2.05) is 30.3 Å². The average molecular weight is 439 g/mol. The third-order valence-corrected chi connectivity index (χ3v) is 6.40. The molecule has 0 saturated carbocycles. The molecule has 0 N–H and O–H groups in total. The first kappa shape index (κ1) is 23.0. The molecule has 2 aromatic rings. The second kappa shape index (κ2) is 10.1. The highest BCUT2D eigenvalue weighted by molar-refractivity contribution is 7.99. The van der Waals surface area contributed by atoms with Gasteiger partial charge in [-0.2, -0.15) is 4.68 Å². The number of tetrazole rings is 1. The summed E-state index contributed by atoms with van der Waals surface area (Å²) in [7, 11) is 0. The van der Waals surface area contributed by atoms with Gasteiger partial charge in [0.2, 0.25) is 5.16 Å². The van der Waals surface area contributed by atoms with Crippen LogP contribution in [-0.4, -0.2) is 38.0 Å². The highest BCUT2D eigenvalue weighted by atomic mass is 32.2. The van der Waals surface area contributed by atoms with Crippen LogP contribution >= 0.6 is 11.8 Å². The first-order valence-corrected chi connectivity index (χ1v) is 11.5. The van der Waals surface area contributed by atoms with E-state index in [2.05, 4.69) is 61.4 Å². The van der Waals surface area contributed by atoms with Crippen LogP contribution in [0.1, 0.15) is 47.5 Å². The third kappa shape index (κ3) is 5.94. The molecular formula is C24H30N4O2S. The highest BCUT2D eigenvalue weighted by Crippen LogP contribution is 2.42. The van der Waals surface area contributed by atoms with E-state index < -0.39 is 0 Å². The maximum absolute atomic E-state index is 11.4. The van der Waals surface area contributed by atoms with Crippen molar-refractivity contribution in [2.75, 3.05) is 5.75 Å². The summed E-state index contributed by atoms with van der Waals surface area (Å²) < 4.78 is 7.27. The number of ether oxygens (including phenoxy) is 1. The molecule has 164 valence electrons. The van der Waals surface area contributed by atoms with E-state index in [0.29, 0.717) is 0 Å². The van der Waals surface area contributed by atoms with Gasteiger partial charge in [0.05, 0.1) is 5.69 Å². The van der Waals surface area contributed by atoms with E-state index >= 15 is 0 Å². The van der Waals surface area contributed by atoms with E-state index in [9.17, 15) is 4.79 Å². The number of thioether (sulfide) groups is 1.